The second kappa shape index (κ2) is 4.87. The first kappa shape index (κ1) is 12.7. The molecule has 0 aliphatic carbocycles. The molecule has 0 radical (unpaired) electrons. The third-order valence-corrected chi connectivity index (χ3v) is 2.87. The van der Waals surface area contributed by atoms with Crippen LogP contribution in [-0.2, 0) is 4.74 Å². The number of rotatable bonds is 4. The van der Waals surface area contributed by atoms with Crippen molar-refractivity contribution in [3.8, 4) is 0 Å². The first-order chi connectivity index (χ1) is 8.50. The van der Waals surface area contributed by atoms with Crippen LogP contribution in [0, 0.1) is 17.0 Å². The number of nitro groups is 1. The Hall–Kier alpha value is -1.73. The summed E-state index contributed by atoms with van der Waals surface area (Å²) >= 11 is 0. The zero-order valence-corrected chi connectivity index (χ0v) is 10.0. The lowest BCUT2D eigenvalue weighted by atomic mass is 10.0. The molecule has 7 heteroatoms. The van der Waals surface area contributed by atoms with E-state index in [1.165, 1.54) is 6.07 Å². The second-order valence-corrected chi connectivity index (χ2v) is 4.52. The average Bonchev–Trinajstić information content (AvgIpc) is 2.75. The minimum absolute atomic E-state index is 0.0856. The van der Waals surface area contributed by atoms with Crippen molar-refractivity contribution < 1.29 is 14.8 Å². The number of nitrogens with one attached hydrogen (secondary N) is 1. The number of aliphatic hydroxyl groups is 1. The number of aromatic nitrogens is 1. The Labute approximate surface area is 104 Å². The Bertz CT molecular complexity index is 458. The molecule has 2 heterocycles. The molecule has 0 aromatic carbocycles. The Balaban J connectivity index is 2.11. The summed E-state index contributed by atoms with van der Waals surface area (Å²) in [6.45, 7) is 2.66. The molecule has 0 spiro atoms. The summed E-state index contributed by atoms with van der Waals surface area (Å²) in [5.74, 6) is 0.172. The van der Waals surface area contributed by atoms with E-state index in [9.17, 15) is 15.2 Å². The van der Waals surface area contributed by atoms with E-state index in [4.69, 9.17) is 4.74 Å². The molecule has 1 fully saturated rings. The first-order valence-electron chi connectivity index (χ1n) is 5.65. The van der Waals surface area contributed by atoms with Gasteiger partial charge in [-0.3, -0.25) is 10.1 Å². The SMILES string of the molecule is Cc1cnc(NCC2(O)CCOC2)c([N+](=O)[O-])c1. The van der Waals surface area contributed by atoms with Gasteiger partial charge in [-0.05, 0) is 12.5 Å². The van der Waals surface area contributed by atoms with E-state index in [-0.39, 0.29) is 24.7 Å². The summed E-state index contributed by atoms with van der Waals surface area (Å²) in [7, 11) is 0. The van der Waals surface area contributed by atoms with E-state index in [0.29, 0.717) is 13.0 Å². The van der Waals surface area contributed by atoms with Gasteiger partial charge in [0.25, 0.3) is 0 Å². The van der Waals surface area contributed by atoms with Crippen LogP contribution in [0.5, 0.6) is 0 Å². The highest BCUT2D eigenvalue weighted by Gasteiger charge is 2.32. The van der Waals surface area contributed by atoms with Crippen LogP contribution in [0.3, 0.4) is 0 Å². The molecule has 1 atom stereocenters. The van der Waals surface area contributed by atoms with Crippen molar-refractivity contribution in [2.75, 3.05) is 25.1 Å². The lowest BCUT2D eigenvalue weighted by Gasteiger charge is -2.20. The van der Waals surface area contributed by atoms with Crippen molar-refractivity contribution in [2.45, 2.75) is 18.9 Å². The van der Waals surface area contributed by atoms with E-state index in [2.05, 4.69) is 10.3 Å². The topological polar surface area (TPSA) is 97.5 Å². The molecule has 0 saturated carbocycles. The molecule has 1 aliphatic heterocycles. The third-order valence-electron chi connectivity index (χ3n) is 2.87. The van der Waals surface area contributed by atoms with Gasteiger partial charge >= 0.3 is 5.69 Å². The van der Waals surface area contributed by atoms with Crippen LogP contribution in [-0.4, -0.2) is 40.4 Å². The number of hydrogen-bond donors (Lipinski definition) is 2. The minimum Gasteiger partial charge on any atom is -0.386 e. The first-order valence-corrected chi connectivity index (χ1v) is 5.65. The number of anilines is 1. The normalized spacial score (nSPS) is 23.0. The van der Waals surface area contributed by atoms with Gasteiger partial charge in [0.15, 0.2) is 0 Å². The smallest absolute Gasteiger partial charge is 0.311 e. The predicted molar refractivity (Wildman–Crippen MR) is 64.5 cm³/mol. The summed E-state index contributed by atoms with van der Waals surface area (Å²) in [6, 6.07) is 1.45. The standard InChI is InChI=1S/C11H15N3O4/c1-8-4-9(14(16)17)10(12-5-8)13-6-11(15)2-3-18-7-11/h4-5,15H,2-3,6-7H2,1H3,(H,12,13). The molecule has 1 aliphatic rings. The summed E-state index contributed by atoms with van der Waals surface area (Å²) in [6.07, 6.45) is 2.06. The van der Waals surface area contributed by atoms with Gasteiger partial charge in [-0.1, -0.05) is 0 Å². The number of pyridine rings is 1. The van der Waals surface area contributed by atoms with Gasteiger partial charge < -0.3 is 15.2 Å². The van der Waals surface area contributed by atoms with E-state index in [1.54, 1.807) is 13.1 Å². The Kier molecular flexibility index (Phi) is 3.44. The molecular formula is C11H15N3O4. The van der Waals surface area contributed by atoms with Crippen LogP contribution in [0.25, 0.3) is 0 Å². The largest absolute Gasteiger partial charge is 0.386 e. The fourth-order valence-electron chi connectivity index (χ4n) is 1.81. The minimum atomic E-state index is -0.972. The number of aryl methyl sites for hydroxylation is 1. The van der Waals surface area contributed by atoms with Gasteiger partial charge in [0.05, 0.1) is 11.5 Å². The van der Waals surface area contributed by atoms with Crippen LogP contribution in [0.2, 0.25) is 0 Å². The molecule has 1 unspecified atom stereocenters. The van der Waals surface area contributed by atoms with Crippen molar-refractivity contribution in [3.05, 3.63) is 27.9 Å². The molecule has 98 valence electrons. The van der Waals surface area contributed by atoms with Crippen LogP contribution in [0.15, 0.2) is 12.3 Å². The fourth-order valence-corrected chi connectivity index (χ4v) is 1.81. The van der Waals surface area contributed by atoms with Crippen LogP contribution < -0.4 is 5.32 Å². The molecule has 1 saturated heterocycles. The molecular weight excluding hydrogens is 238 g/mol. The van der Waals surface area contributed by atoms with Gasteiger partial charge in [0.2, 0.25) is 5.82 Å². The monoisotopic (exact) mass is 253 g/mol. The summed E-state index contributed by atoms with van der Waals surface area (Å²) < 4.78 is 5.10. The van der Waals surface area contributed by atoms with Gasteiger partial charge in [-0.2, -0.15) is 0 Å². The van der Waals surface area contributed by atoms with E-state index < -0.39 is 10.5 Å². The molecule has 2 rings (SSSR count). The third kappa shape index (κ3) is 2.74. The van der Waals surface area contributed by atoms with Crippen molar-refractivity contribution in [2.24, 2.45) is 0 Å². The van der Waals surface area contributed by atoms with Crippen molar-refractivity contribution in [1.29, 1.82) is 0 Å². The number of nitrogens with zero attached hydrogens (tertiary/aromatic N) is 2. The maximum Gasteiger partial charge on any atom is 0.311 e. The highest BCUT2D eigenvalue weighted by Crippen LogP contribution is 2.24. The number of ether oxygens (including phenoxy) is 1. The van der Waals surface area contributed by atoms with Gasteiger partial charge in [0, 0.05) is 31.8 Å². The number of hydrogen-bond acceptors (Lipinski definition) is 6. The van der Waals surface area contributed by atoms with E-state index in [0.717, 1.165) is 5.56 Å². The van der Waals surface area contributed by atoms with Gasteiger partial charge in [-0.15, -0.1) is 0 Å². The fraction of sp³-hybridized carbons (Fsp3) is 0.545. The zero-order chi connectivity index (χ0) is 13.2. The highest BCUT2D eigenvalue weighted by molar-refractivity contribution is 5.56. The quantitative estimate of drug-likeness (QED) is 0.610. The maximum absolute atomic E-state index is 10.9. The van der Waals surface area contributed by atoms with Crippen LogP contribution in [0.1, 0.15) is 12.0 Å². The molecule has 1 aromatic heterocycles. The van der Waals surface area contributed by atoms with E-state index >= 15 is 0 Å². The molecule has 1 aromatic rings. The molecule has 0 amide bonds. The average molecular weight is 253 g/mol. The zero-order valence-electron chi connectivity index (χ0n) is 10.0. The predicted octanol–water partition coefficient (Wildman–Crippen LogP) is 0.862. The summed E-state index contributed by atoms with van der Waals surface area (Å²) in [5, 5.41) is 23.8. The highest BCUT2D eigenvalue weighted by atomic mass is 16.6. The van der Waals surface area contributed by atoms with E-state index in [1.807, 2.05) is 0 Å². The van der Waals surface area contributed by atoms with Crippen molar-refractivity contribution in [3.63, 3.8) is 0 Å². The van der Waals surface area contributed by atoms with Crippen molar-refractivity contribution in [1.82, 2.24) is 4.98 Å². The molecule has 7 nitrogen and oxygen atoms in total. The second-order valence-electron chi connectivity index (χ2n) is 4.52. The Morgan fingerprint density at radius 2 is 2.50 bits per heavy atom. The lowest BCUT2D eigenvalue weighted by Crippen LogP contribution is -2.37. The molecule has 18 heavy (non-hydrogen) atoms. The lowest BCUT2D eigenvalue weighted by molar-refractivity contribution is -0.384. The Morgan fingerprint density at radius 3 is 3.11 bits per heavy atom. The summed E-state index contributed by atoms with van der Waals surface area (Å²) in [4.78, 5) is 14.4. The molecule has 0 bridgehead atoms. The summed E-state index contributed by atoms with van der Waals surface area (Å²) in [5.41, 5.74) is -0.340. The van der Waals surface area contributed by atoms with Crippen LogP contribution in [0.4, 0.5) is 11.5 Å². The maximum atomic E-state index is 10.9. The molecule has 2 N–H and O–H groups in total. The Morgan fingerprint density at radius 1 is 1.72 bits per heavy atom. The van der Waals surface area contributed by atoms with Gasteiger partial charge in [-0.25, -0.2) is 4.98 Å². The van der Waals surface area contributed by atoms with Crippen LogP contribution >= 0.6 is 0 Å². The van der Waals surface area contributed by atoms with Crippen molar-refractivity contribution >= 4 is 11.5 Å². The van der Waals surface area contributed by atoms with Gasteiger partial charge in [0.1, 0.15) is 5.60 Å².